The topological polar surface area (TPSA) is 156 Å². The zero-order valence-electron chi connectivity index (χ0n) is 19.5. The molecule has 11 heteroatoms. The van der Waals surface area contributed by atoms with Crippen molar-refractivity contribution in [3.8, 4) is 0 Å². The number of aromatic nitrogens is 4. The molecule has 36 heavy (non-hydrogen) atoms. The van der Waals surface area contributed by atoms with E-state index in [-0.39, 0.29) is 29.6 Å². The number of carbonyl (C=O) groups excluding carboxylic acids is 1. The van der Waals surface area contributed by atoms with Crippen molar-refractivity contribution in [2.45, 2.75) is 13.3 Å². The summed E-state index contributed by atoms with van der Waals surface area (Å²) in [7, 11) is 0. The first-order valence-corrected chi connectivity index (χ1v) is 10.9. The van der Waals surface area contributed by atoms with E-state index in [4.69, 9.17) is 15.7 Å². The van der Waals surface area contributed by atoms with Crippen LogP contribution in [0.1, 0.15) is 35.2 Å². The zero-order valence-corrected chi connectivity index (χ0v) is 19.5. The maximum Gasteiger partial charge on any atom is 0.255 e. The van der Waals surface area contributed by atoms with Crippen molar-refractivity contribution in [2.75, 3.05) is 17.6 Å². The summed E-state index contributed by atoms with van der Waals surface area (Å²) in [6, 6.07) is 4.70. The maximum atomic E-state index is 13.9. The third-order valence-electron chi connectivity index (χ3n) is 4.74. The summed E-state index contributed by atoms with van der Waals surface area (Å²) in [5, 5.41) is 18.0. The van der Waals surface area contributed by atoms with Gasteiger partial charge in [-0.25, -0.2) is 14.4 Å². The van der Waals surface area contributed by atoms with E-state index < -0.39 is 11.7 Å². The molecule has 184 valence electrons. The monoisotopic (exact) mass is 488 g/mol. The van der Waals surface area contributed by atoms with Crippen LogP contribution in [0.2, 0.25) is 0 Å². The number of pyridine rings is 1. The fourth-order valence-corrected chi connectivity index (χ4v) is 2.85. The predicted molar refractivity (Wildman–Crippen MR) is 136 cm³/mol. The number of nitrogens with zero attached hydrogens (tertiary/aromatic N) is 4. The number of allylic oxidation sites excluding steroid dienone is 4. The molecule has 0 saturated carbocycles. The molecule has 0 aliphatic rings. The normalized spacial score (nSPS) is 11.9. The highest BCUT2D eigenvalue weighted by molar-refractivity contribution is 6.08. The third-order valence-corrected chi connectivity index (χ3v) is 4.74. The molecule has 0 aliphatic carbocycles. The Morgan fingerprint density at radius 3 is 2.72 bits per heavy atom. The van der Waals surface area contributed by atoms with E-state index >= 15 is 0 Å². The summed E-state index contributed by atoms with van der Waals surface area (Å²) in [6.07, 6.45) is 13.2. The van der Waals surface area contributed by atoms with E-state index in [0.717, 1.165) is 6.42 Å². The third kappa shape index (κ3) is 7.03. The van der Waals surface area contributed by atoms with Gasteiger partial charge in [0, 0.05) is 36.1 Å². The molecule has 0 aromatic carbocycles. The van der Waals surface area contributed by atoms with Gasteiger partial charge in [-0.1, -0.05) is 36.9 Å². The molecule has 10 nitrogen and oxygen atoms in total. The van der Waals surface area contributed by atoms with Crippen molar-refractivity contribution < 1.29 is 13.7 Å². The van der Waals surface area contributed by atoms with E-state index in [1.165, 1.54) is 30.9 Å². The van der Waals surface area contributed by atoms with Crippen LogP contribution in [-0.2, 0) is 0 Å². The number of nitrogens with two attached hydrogens (primary N) is 1. The summed E-state index contributed by atoms with van der Waals surface area (Å²) in [5.41, 5.74) is 7.58. The van der Waals surface area contributed by atoms with Gasteiger partial charge in [-0.2, -0.15) is 0 Å². The molecule has 0 fully saturated rings. The maximum absolute atomic E-state index is 13.9. The number of hydrogen-bond donors (Lipinski definition) is 4. The van der Waals surface area contributed by atoms with Crippen LogP contribution in [-0.4, -0.2) is 38.3 Å². The molecule has 0 saturated heterocycles. The Morgan fingerprint density at radius 1 is 1.31 bits per heavy atom. The molecule has 0 spiro atoms. The molecule has 1 amide bonds. The van der Waals surface area contributed by atoms with E-state index in [2.05, 4.69) is 37.3 Å². The number of halogens is 1. The van der Waals surface area contributed by atoms with Crippen molar-refractivity contribution in [3.63, 3.8) is 0 Å². The first-order valence-electron chi connectivity index (χ1n) is 10.9. The number of anilines is 2. The number of hydrogen-bond acceptors (Lipinski definition) is 9. The van der Waals surface area contributed by atoms with Crippen molar-refractivity contribution >= 4 is 28.8 Å². The second kappa shape index (κ2) is 12.5. The summed E-state index contributed by atoms with van der Waals surface area (Å²) >= 11 is 0. The minimum atomic E-state index is -0.585. The lowest BCUT2D eigenvalue weighted by atomic mass is 10.1. The fraction of sp³-hybridized carbons (Fsp3) is 0.120. The van der Waals surface area contributed by atoms with Gasteiger partial charge in [-0.05, 0) is 24.6 Å². The van der Waals surface area contributed by atoms with Crippen LogP contribution in [0.3, 0.4) is 0 Å². The second-order valence-corrected chi connectivity index (χ2v) is 7.33. The van der Waals surface area contributed by atoms with Crippen LogP contribution in [0.25, 0.3) is 5.70 Å². The van der Waals surface area contributed by atoms with Gasteiger partial charge in [0.2, 0.25) is 0 Å². The summed E-state index contributed by atoms with van der Waals surface area (Å²) in [6.45, 7) is 5.42. The average molecular weight is 489 g/mol. The minimum Gasteiger partial charge on any atom is -0.382 e. The molecule has 3 aromatic rings. The van der Waals surface area contributed by atoms with Crippen LogP contribution >= 0.6 is 0 Å². The molecule has 0 atom stereocenters. The van der Waals surface area contributed by atoms with E-state index in [1.54, 1.807) is 30.4 Å². The van der Waals surface area contributed by atoms with Crippen LogP contribution in [0, 0.1) is 5.41 Å². The van der Waals surface area contributed by atoms with Crippen LogP contribution in [0.15, 0.2) is 89.9 Å². The SMILES string of the molecule is C=C(F)/C(=C\C=C/CC)CN/C(=C\C(=N)c1ncc(NC(=O)c2ccncc2)c(N)n1)c1ccon1. The largest absolute Gasteiger partial charge is 0.382 e. The molecule has 3 rings (SSSR count). The van der Waals surface area contributed by atoms with Gasteiger partial charge in [-0.3, -0.25) is 15.2 Å². The first-order chi connectivity index (χ1) is 17.4. The summed E-state index contributed by atoms with van der Waals surface area (Å²) in [4.78, 5) is 24.5. The Hall–Kier alpha value is -4.93. The quantitative estimate of drug-likeness (QED) is 0.232. The average Bonchev–Trinajstić information content (AvgIpc) is 3.41. The number of nitrogen functional groups attached to an aromatic ring is 1. The van der Waals surface area contributed by atoms with Crippen LogP contribution in [0.5, 0.6) is 0 Å². The lowest BCUT2D eigenvalue weighted by Gasteiger charge is -2.11. The molecule has 0 aliphatic heterocycles. The second-order valence-electron chi connectivity index (χ2n) is 7.33. The Labute approximate surface area is 207 Å². The van der Waals surface area contributed by atoms with Crippen molar-refractivity contribution in [3.05, 3.63) is 102 Å². The highest BCUT2D eigenvalue weighted by atomic mass is 19.1. The van der Waals surface area contributed by atoms with E-state index in [9.17, 15) is 9.18 Å². The summed E-state index contributed by atoms with van der Waals surface area (Å²) in [5.74, 6) is -0.995. The van der Waals surface area contributed by atoms with Crippen molar-refractivity contribution in [1.82, 2.24) is 25.4 Å². The van der Waals surface area contributed by atoms with Crippen LogP contribution in [0.4, 0.5) is 15.9 Å². The Balaban J connectivity index is 1.79. The molecular weight excluding hydrogens is 463 g/mol. The standard InChI is InChI=1S/C25H25FN8O2/c1-3-4-5-6-18(16(2)26)14-30-21(20-9-12-36-34-20)13-19(27)24-31-15-22(23(28)33-24)32-25(35)17-7-10-29-11-8-17/h4-13,15,27,30H,2-3,14H2,1H3,(H,32,35)(H2,28,31,33)/b5-4-,18-6-,21-13-,27-19?. The molecular formula is C25H25FN8O2. The number of rotatable bonds is 11. The Morgan fingerprint density at radius 2 is 2.08 bits per heavy atom. The van der Waals surface area contributed by atoms with Gasteiger partial charge in [-0.15, -0.1) is 0 Å². The van der Waals surface area contributed by atoms with E-state index in [0.29, 0.717) is 22.5 Å². The minimum absolute atomic E-state index is 0.00810. The fourth-order valence-electron chi connectivity index (χ4n) is 2.85. The number of carbonyl (C=O) groups is 1. The lowest BCUT2D eigenvalue weighted by molar-refractivity contribution is 0.102. The lowest BCUT2D eigenvalue weighted by Crippen LogP contribution is -2.18. The van der Waals surface area contributed by atoms with Crippen molar-refractivity contribution in [1.29, 1.82) is 5.41 Å². The summed E-state index contributed by atoms with van der Waals surface area (Å²) < 4.78 is 18.8. The molecule has 0 radical (unpaired) electrons. The number of nitrogens with one attached hydrogen (secondary N) is 3. The first kappa shape index (κ1) is 25.7. The van der Waals surface area contributed by atoms with E-state index in [1.807, 2.05) is 13.0 Å². The van der Waals surface area contributed by atoms with Crippen LogP contribution < -0.4 is 16.4 Å². The zero-order chi connectivity index (χ0) is 25.9. The smallest absolute Gasteiger partial charge is 0.255 e. The molecule has 0 bridgehead atoms. The molecule has 5 N–H and O–H groups in total. The van der Waals surface area contributed by atoms with Gasteiger partial charge in [0.15, 0.2) is 11.6 Å². The van der Waals surface area contributed by atoms with Gasteiger partial charge in [0.1, 0.15) is 29.2 Å². The highest BCUT2D eigenvalue weighted by Gasteiger charge is 2.14. The number of amides is 1. The van der Waals surface area contributed by atoms with Gasteiger partial charge in [0.05, 0.1) is 11.9 Å². The predicted octanol–water partition coefficient (Wildman–Crippen LogP) is 4.07. The highest BCUT2D eigenvalue weighted by Crippen LogP contribution is 2.17. The Kier molecular flexibility index (Phi) is 8.93. The van der Waals surface area contributed by atoms with Gasteiger partial charge in [0.25, 0.3) is 5.91 Å². The van der Waals surface area contributed by atoms with Gasteiger partial charge >= 0.3 is 0 Å². The molecule has 3 aromatic heterocycles. The molecule has 0 unspecified atom stereocenters. The molecule has 3 heterocycles. The van der Waals surface area contributed by atoms with Gasteiger partial charge < -0.3 is 20.9 Å². The Bertz CT molecular complexity index is 1320. The van der Waals surface area contributed by atoms with Crippen molar-refractivity contribution in [2.24, 2.45) is 0 Å².